The first kappa shape index (κ1) is 19.3. The van der Waals surface area contributed by atoms with E-state index in [1.165, 1.54) is 25.7 Å². The molecule has 0 N–H and O–H groups in total. The number of nitrogens with zero attached hydrogens (tertiary/aromatic N) is 2. The van der Waals surface area contributed by atoms with Crippen molar-refractivity contribution in [2.75, 3.05) is 13.7 Å². The van der Waals surface area contributed by atoms with Crippen LogP contribution in [0, 0.1) is 0 Å². The zero-order valence-electron chi connectivity index (χ0n) is 16.1. The molecule has 1 aliphatic carbocycles. The lowest BCUT2D eigenvalue weighted by atomic mass is 10.1. The molecule has 1 saturated carbocycles. The van der Waals surface area contributed by atoms with Crippen LogP contribution in [0.5, 0.6) is 11.5 Å². The van der Waals surface area contributed by atoms with Gasteiger partial charge < -0.3 is 18.9 Å². The van der Waals surface area contributed by atoms with E-state index in [1.54, 1.807) is 19.2 Å². The molecule has 27 heavy (non-hydrogen) atoms. The predicted octanol–water partition coefficient (Wildman–Crippen LogP) is 4.45. The summed E-state index contributed by atoms with van der Waals surface area (Å²) in [5, 5.41) is 3.98. The van der Waals surface area contributed by atoms with E-state index in [9.17, 15) is 4.79 Å². The molecule has 1 aliphatic rings. The Morgan fingerprint density at radius 2 is 1.93 bits per heavy atom. The smallest absolute Gasteiger partial charge is 0.276 e. The van der Waals surface area contributed by atoms with Gasteiger partial charge in [-0.1, -0.05) is 36.9 Å². The van der Waals surface area contributed by atoms with Gasteiger partial charge in [0.25, 0.3) is 5.91 Å². The Morgan fingerprint density at radius 3 is 2.63 bits per heavy atom. The average molecular weight is 372 g/mol. The van der Waals surface area contributed by atoms with Crippen LogP contribution in [-0.4, -0.2) is 35.7 Å². The summed E-state index contributed by atoms with van der Waals surface area (Å²) in [5.74, 6) is 1.87. The fraction of sp³-hybridized carbons (Fsp3) is 0.524. The Kier molecular flexibility index (Phi) is 6.74. The molecular weight excluding hydrogens is 344 g/mol. The summed E-state index contributed by atoms with van der Waals surface area (Å²) in [6.45, 7) is 2.92. The van der Waals surface area contributed by atoms with Gasteiger partial charge in [-0.2, -0.15) is 0 Å². The Balaban J connectivity index is 1.62. The molecule has 3 rings (SSSR count). The van der Waals surface area contributed by atoms with Crippen LogP contribution in [-0.2, 0) is 6.61 Å². The molecule has 146 valence electrons. The lowest BCUT2D eigenvalue weighted by Gasteiger charge is -2.29. The van der Waals surface area contributed by atoms with Gasteiger partial charge in [0.15, 0.2) is 11.5 Å². The van der Waals surface area contributed by atoms with Crippen LogP contribution >= 0.6 is 0 Å². The second kappa shape index (κ2) is 9.44. The zero-order valence-corrected chi connectivity index (χ0v) is 16.1. The second-order valence-corrected chi connectivity index (χ2v) is 6.88. The van der Waals surface area contributed by atoms with Crippen molar-refractivity contribution >= 4 is 5.91 Å². The molecule has 0 bridgehead atoms. The van der Waals surface area contributed by atoms with Crippen molar-refractivity contribution in [3.63, 3.8) is 0 Å². The summed E-state index contributed by atoms with van der Waals surface area (Å²) in [6.07, 6.45) is 7.04. The first-order valence-electron chi connectivity index (χ1n) is 9.74. The van der Waals surface area contributed by atoms with Crippen molar-refractivity contribution in [2.24, 2.45) is 0 Å². The average Bonchev–Trinajstić information content (AvgIpc) is 3.02. The Bertz CT molecular complexity index is 735. The molecule has 0 spiro atoms. The molecule has 0 aliphatic heterocycles. The van der Waals surface area contributed by atoms with E-state index in [4.69, 9.17) is 14.0 Å². The standard InChI is InChI=1S/C21H28N2O4/c1-3-23(16-9-6-4-5-7-10-16)21(24)20-14-19(27-22-20)15-26-18-12-8-11-17(13-18)25-2/h8,11-14,16H,3-7,9-10,15H2,1-2H3. The van der Waals surface area contributed by atoms with Gasteiger partial charge in [0, 0.05) is 24.7 Å². The van der Waals surface area contributed by atoms with Crippen LogP contribution in [0.1, 0.15) is 61.7 Å². The first-order valence-corrected chi connectivity index (χ1v) is 9.74. The van der Waals surface area contributed by atoms with Gasteiger partial charge in [-0.3, -0.25) is 4.79 Å². The Labute approximate surface area is 160 Å². The van der Waals surface area contributed by atoms with Gasteiger partial charge in [-0.15, -0.1) is 0 Å². The highest BCUT2D eigenvalue weighted by atomic mass is 16.5. The highest BCUT2D eigenvalue weighted by molar-refractivity contribution is 5.92. The van der Waals surface area contributed by atoms with Crippen LogP contribution < -0.4 is 9.47 Å². The van der Waals surface area contributed by atoms with Crippen molar-refractivity contribution in [3.05, 3.63) is 41.8 Å². The van der Waals surface area contributed by atoms with Gasteiger partial charge >= 0.3 is 0 Å². The topological polar surface area (TPSA) is 64.8 Å². The molecule has 6 heteroatoms. The maximum atomic E-state index is 12.9. The van der Waals surface area contributed by atoms with Crippen molar-refractivity contribution < 1.29 is 18.8 Å². The van der Waals surface area contributed by atoms with Crippen molar-refractivity contribution in [1.29, 1.82) is 0 Å². The third kappa shape index (κ3) is 5.02. The monoisotopic (exact) mass is 372 g/mol. The molecule has 6 nitrogen and oxygen atoms in total. The summed E-state index contributed by atoms with van der Waals surface area (Å²) in [7, 11) is 1.61. The zero-order chi connectivity index (χ0) is 19.1. The van der Waals surface area contributed by atoms with E-state index in [-0.39, 0.29) is 12.5 Å². The fourth-order valence-corrected chi connectivity index (χ4v) is 3.61. The first-order chi connectivity index (χ1) is 13.2. The third-order valence-corrected chi connectivity index (χ3v) is 5.07. The number of amides is 1. The molecule has 0 saturated heterocycles. The molecule has 0 atom stereocenters. The highest BCUT2D eigenvalue weighted by Gasteiger charge is 2.26. The minimum absolute atomic E-state index is 0.0548. The van der Waals surface area contributed by atoms with E-state index in [1.807, 2.05) is 30.0 Å². The minimum atomic E-state index is -0.0548. The van der Waals surface area contributed by atoms with E-state index < -0.39 is 0 Å². The lowest BCUT2D eigenvalue weighted by molar-refractivity contribution is 0.0662. The molecule has 1 fully saturated rings. The molecule has 0 radical (unpaired) electrons. The number of benzene rings is 1. The number of hydrogen-bond acceptors (Lipinski definition) is 5. The van der Waals surface area contributed by atoms with Crippen LogP contribution in [0.2, 0.25) is 0 Å². The Hall–Kier alpha value is -2.50. The number of aromatic nitrogens is 1. The molecule has 0 unspecified atom stereocenters. The normalized spacial score (nSPS) is 15.2. The van der Waals surface area contributed by atoms with Gasteiger partial charge in [-0.05, 0) is 31.9 Å². The number of methoxy groups -OCH3 is 1. The van der Waals surface area contributed by atoms with Gasteiger partial charge in [0.2, 0.25) is 0 Å². The van der Waals surface area contributed by atoms with E-state index >= 15 is 0 Å². The number of carbonyl (C=O) groups excluding carboxylic acids is 1. The second-order valence-electron chi connectivity index (χ2n) is 6.88. The number of rotatable bonds is 7. The summed E-state index contributed by atoms with van der Waals surface area (Å²) < 4.78 is 16.2. The summed E-state index contributed by atoms with van der Waals surface area (Å²) >= 11 is 0. The third-order valence-electron chi connectivity index (χ3n) is 5.07. The maximum Gasteiger partial charge on any atom is 0.276 e. The molecular formula is C21H28N2O4. The molecule has 2 aromatic rings. The van der Waals surface area contributed by atoms with Crippen LogP contribution in [0.25, 0.3) is 0 Å². The maximum absolute atomic E-state index is 12.9. The van der Waals surface area contributed by atoms with Crippen LogP contribution in [0.3, 0.4) is 0 Å². The summed E-state index contributed by atoms with van der Waals surface area (Å²) in [4.78, 5) is 14.8. The Morgan fingerprint density at radius 1 is 1.19 bits per heavy atom. The quantitative estimate of drug-likeness (QED) is 0.672. The van der Waals surface area contributed by atoms with E-state index in [0.29, 0.717) is 29.8 Å². The van der Waals surface area contributed by atoms with E-state index in [0.717, 1.165) is 18.6 Å². The van der Waals surface area contributed by atoms with Crippen LogP contribution in [0.15, 0.2) is 34.9 Å². The molecule has 1 amide bonds. The molecule has 1 heterocycles. The predicted molar refractivity (Wildman–Crippen MR) is 102 cm³/mol. The SMILES string of the molecule is CCN(C(=O)c1cc(COc2cccc(OC)c2)on1)C1CCCCCC1. The minimum Gasteiger partial charge on any atom is -0.497 e. The van der Waals surface area contributed by atoms with Crippen molar-refractivity contribution in [2.45, 2.75) is 58.1 Å². The highest BCUT2D eigenvalue weighted by Crippen LogP contribution is 2.24. The van der Waals surface area contributed by atoms with Gasteiger partial charge in [0.1, 0.15) is 18.1 Å². The van der Waals surface area contributed by atoms with Crippen LogP contribution in [0.4, 0.5) is 0 Å². The largest absolute Gasteiger partial charge is 0.497 e. The fourth-order valence-electron chi connectivity index (χ4n) is 3.61. The number of hydrogen-bond donors (Lipinski definition) is 0. The molecule has 1 aromatic carbocycles. The summed E-state index contributed by atoms with van der Waals surface area (Å²) in [6, 6.07) is 9.34. The van der Waals surface area contributed by atoms with Gasteiger partial charge in [-0.25, -0.2) is 0 Å². The van der Waals surface area contributed by atoms with E-state index in [2.05, 4.69) is 5.16 Å². The van der Waals surface area contributed by atoms with Crippen molar-refractivity contribution in [3.8, 4) is 11.5 Å². The number of carbonyl (C=O) groups is 1. The number of ether oxygens (including phenoxy) is 2. The molecule has 1 aromatic heterocycles. The van der Waals surface area contributed by atoms with Gasteiger partial charge in [0.05, 0.1) is 7.11 Å². The summed E-state index contributed by atoms with van der Waals surface area (Å²) in [5.41, 5.74) is 0.352. The van der Waals surface area contributed by atoms with Crippen molar-refractivity contribution in [1.82, 2.24) is 10.1 Å². The lowest BCUT2D eigenvalue weighted by Crippen LogP contribution is -2.40.